The number of H-pyrrole nitrogens is 1. The van der Waals surface area contributed by atoms with Crippen LogP contribution in [-0.2, 0) is 138 Å². The number of aromatic nitrogens is 1. The number of carbonyl (C=O) groups is 22. The van der Waals surface area contributed by atoms with E-state index in [1.54, 1.807) is 117 Å². The highest BCUT2D eigenvalue weighted by molar-refractivity contribution is 7.80. The van der Waals surface area contributed by atoms with E-state index in [0.717, 1.165) is 6.92 Å². The molecule has 0 unspecified atom stereocenters. The van der Waals surface area contributed by atoms with Crippen molar-refractivity contribution in [3.8, 4) is 5.75 Å². The van der Waals surface area contributed by atoms with E-state index in [2.05, 4.69) is 121 Å². The maximum atomic E-state index is 14.9. The number of carboxylic acids is 3. The number of aromatic hydroxyl groups is 1. The van der Waals surface area contributed by atoms with Crippen molar-refractivity contribution >= 4 is 166 Å². The summed E-state index contributed by atoms with van der Waals surface area (Å²) >= 11 is 8.33. The van der Waals surface area contributed by atoms with Crippen molar-refractivity contribution in [2.24, 2.45) is 17.4 Å². The van der Waals surface area contributed by atoms with Gasteiger partial charge in [0.05, 0.1) is 59.0 Å². The molecule has 1 heterocycles. The Bertz CT molecular complexity index is 5620. The molecule has 54 heteroatoms. The molecule has 52 nitrogen and oxygen atoms in total. The Morgan fingerprint density at radius 2 is 0.649 bits per heavy atom. The number of carbonyl (C=O) groups excluding carboxylic acids is 19. The Morgan fingerprint density at radius 1 is 0.324 bits per heavy atom. The molecule has 19 amide bonds. The second-order valence-electron chi connectivity index (χ2n) is 34.3. The minimum atomic E-state index is -2.05. The van der Waals surface area contributed by atoms with Gasteiger partial charge < -0.3 is 158 Å². The number of fused-ring (bicyclic) bond motifs is 1. The lowest BCUT2D eigenvalue weighted by atomic mass is 10.00. The van der Waals surface area contributed by atoms with Crippen LogP contribution in [0.5, 0.6) is 5.75 Å². The standard InChI is InChI=1S/C94H123N21O31S2/c1-47(2)29-59(103-84(135)60(30-49-15-7-4-8-16-49)106-90(141)68(42-118)111-86(137)61(31-50-17-9-5-10-18-50)104-85(136)63(33-52-23-25-54(121)26-24-52)105-89(140)66(36-77(127)128)109-92(143)71(45-147)114-79(130)56(95)40-116)83(134)102-58(27-28-76(125)126)82(133)115-72(46-148)93(144)107-62(32-51-19-11-6-12-20-51)87(138)112-69(43-119)91(142)108-65(35-73(96)122)80(131)98-39-75(124)101-64(34-53-37-97-57-22-14-13-21-55(53)57)88(139)110-67(41-117)81(132)99-38-74(123)100-48(3)78(129)113-70(44-120)94(145)146/h4-26,37,47-48,56,58-72,97,116-121,147-148H,27-36,38-46,95H2,1-3H3,(H2,96,122)(H,98,131)(H,99,132)(H,100,123)(H,101,124)(H,102,134)(H,103,135)(H,104,136)(H,105,140)(H,106,141)(H,107,144)(H,108,142)(H,109,143)(H,110,139)(H,111,137)(H,112,138)(H,113,129)(H,114,130)(H,115,133)(H,125,126)(H,127,128)(H,145,146)/t48-,56-,58-,59-,60-,61-,62-,63-,64-,65-,66-,67-,68-,69-,70-,71-,72-/m0/s1. The molecule has 6 aromatic rings. The van der Waals surface area contributed by atoms with Crippen LogP contribution in [0.4, 0.5) is 0 Å². The van der Waals surface area contributed by atoms with Crippen molar-refractivity contribution in [2.75, 3.05) is 57.6 Å². The van der Waals surface area contributed by atoms with Crippen molar-refractivity contribution in [1.29, 1.82) is 0 Å². The van der Waals surface area contributed by atoms with Crippen LogP contribution in [-0.4, -0.2) is 341 Å². The number of carboxylic acid groups (broad SMARTS) is 3. The Kier molecular flexibility index (Phi) is 50.3. The zero-order chi connectivity index (χ0) is 110. The molecule has 0 aliphatic heterocycles. The van der Waals surface area contributed by atoms with E-state index >= 15 is 0 Å². The van der Waals surface area contributed by atoms with E-state index in [9.17, 15) is 146 Å². The molecule has 0 saturated carbocycles. The third-order valence-electron chi connectivity index (χ3n) is 22.2. The summed E-state index contributed by atoms with van der Waals surface area (Å²) in [5.74, 6) is -28.6. The third-order valence-corrected chi connectivity index (χ3v) is 22.9. The summed E-state index contributed by atoms with van der Waals surface area (Å²) < 4.78 is 0. The number of aliphatic carboxylic acids is 3. The second-order valence-corrected chi connectivity index (χ2v) is 35.0. The van der Waals surface area contributed by atoms with Crippen LogP contribution in [0.3, 0.4) is 0 Å². The van der Waals surface area contributed by atoms with Gasteiger partial charge in [0.2, 0.25) is 112 Å². The molecule has 148 heavy (non-hydrogen) atoms. The molecule has 0 fully saturated rings. The van der Waals surface area contributed by atoms with E-state index in [1.807, 2.05) is 5.32 Å². The summed E-state index contributed by atoms with van der Waals surface area (Å²) in [4.78, 5) is 303. The SMILES string of the molecule is CC(C)C[C@H](NC(=O)[C@H](Cc1ccccc1)NC(=O)[C@H](CO)NC(=O)[C@H](Cc1ccccc1)NC(=O)[C@H](Cc1ccc(O)cc1)NC(=O)[C@H](CC(=O)O)NC(=O)[C@H](CS)NC(=O)[C@@H](N)CO)C(=O)N[C@@H](CCC(=O)O)C(=O)N[C@@H](CS)C(=O)N[C@@H](Cc1ccccc1)C(=O)N[C@@H](CO)C(=O)N[C@@H](CC(N)=O)C(=O)NCC(=O)N[C@@H](Cc1c[nH]c2ccccc12)C(=O)N[C@@H](CO)C(=O)NCC(=O)N[C@@H](C)C(=O)N[C@@H](CO)C(=O)O. The Balaban J connectivity index is 1.17. The first-order valence-electron chi connectivity index (χ1n) is 46.1. The smallest absolute Gasteiger partial charge is 0.328 e. The zero-order valence-corrected chi connectivity index (χ0v) is 82.0. The number of hydrogen-bond donors (Lipinski definition) is 32. The van der Waals surface area contributed by atoms with Gasteiger partial charge in [0, 0.05) is 67.1 Å². The summed E-state index contributed by atoms with van der Waals surface area (Å²) in [6.07, 6.45) is -4.32. The zero-order valence-electron chi connectivity index (χ0n) is 80.2. The lowest BCUT2D eigenvalue weighted by Crippen LogP contribution is -2.62. The van der Waals surface area contributed by atoms with Crippen LogP contribution in [0.2, 0.25) is 0 Å². The number of amides is 19. The number of rotatable bonds is 63. The Morgan fingerprint density at radius 3 is 1.05 bits per heavy atom. The number of aliphatic hydroxyl groups is 5. The fourth-order valence-corrected chi connectivity index (χ4v) is 14.8. The molecule has 802 valence electrons. The quantitative estimate of drug-likeness (QED) is 0.0158. The van der Waals surface area contributed by atoms with E-state index < -0.39 is 335 Å². The van der Waals surface area contributed by atoms with Crippen LogP contribution in [0, 0.1) is 5.92 Å². The minimum Gasteiger partial charge on any atom is -0.508 e. The number of aliphatic hydroxyl groups excluding tert-OH is 5. The van der Waals surface area contributed by atoms with Gasteiger partial charge in [0.25, 0.3) is 0 Å². The first-order valence-corrected chi connectivity index (χ1v) is 47.4. The summed E-state index contributed by atoms with van der Waals surface area (Å²) in [5, 5.41) is 132. The number of nitrogens with two attached hydrogens (primary N) is 2. The predicted octanol–water partition coefficient (Wildman–Crippen LogP) is -10.1. The lowest BCUT2D eigenvalue weighted by molar-refractivity contribution is -0.143. The number of aromatic amines is 1. The molecule has 1 aromatic heterocycles. The van der Waals surface area contributed by atoms with Crippen molar-refractivity contribution in [3.05, 3.63) is 174 Å². The number of benzene rings is 5. The average molecular weight is 2110 g/mol. The molecular weight excluding hydrogens is 1980 g/mol. The number of thiol groups is 2. The van der Waals surface area contributed by atoms with Gasteiger partial charge in [-0.2, -0.15) is 25.3 Å². The van der Waals surface area contributed by atoms with E-state index in [1.165, 1.54) is 42.6 Å². The molecule has 0 saturated heterocycles. The number of phenolic OH excluding ortho intramolecular Hbond substituents is 1. The lowest BCUT2D eigenvalue weighted by Gasteiger charge is -2.28. The molecule has 0 aliphatic rings. The van der Waals surface area contributed by atoms with Gasteiger partial charge in [0.15, 0.2) is 0 Å². The highest BCUT2D eigenvalue weighted by atomic mass is 32.1. The second kappa shape index (κ2) is 61.5. The topological polar surface area (TPSA) is 842 Å². The molecule has 0 aliphatic carbocycles. The number of primary amides is 1. The molecule has 0 spiro atoms. The first-order chi connectivity index (χ1) is 70.3. The predicted molar refractivity (Wildman–Crippen MR) is 528 cm³/mol. The van der Waals surface area contributed by atoms with Gasteiger partial charge in [-0.3, -0.25) is 101 Å². The largest absolute Gasteiger partial charge is 0.508 e. The van der Waals surface area contributed by atoms with Gasteiger partial charge >= 0.3 is 17.9 Å². The first kappa shape index (κ1) is 121. The van der Waals surface area contributed by atoms with Gasteiger partial charge in [-0.15, -0.1) is 0 Å². The molecule has 6 rings (SSSR count). The highest BCUT2D eigenvalue weighted by Gasteiger charge is 2.40. The van der Waals surface area contributed by atoms with E-state index in [-0.39, 0.29) is 37.0 Å². The molecule has 17 atom stereocenters. The fourth-order valence-electron chi connectivity index (χ4n) is 14.3. The van der Waals surface area contributed by atoms with Crippen LogP contribution in [0.25, 0.3) is 10.9 Å². The summed E-state index contributed by atoms with van der Waals surface area (Å²) in [6, 6.07) is 5.52. The maximum absolute atomic E-state index is 14.9. The maximum Gasteiger partial charge on any atom is 0.328 e. The highest BCUT2D eigenvalue weighted by Crippen LogP contribution is 2.21. The molecule has 0 bridgehead atoms. The Hall–Kier alpha value is -15.8. The van der Waals surface area contributed by atoms with E-state index in [0.29, 0.717) is 33.2 Å². The minimum absolute atomic E-state index is 0.216. The summed E-state index contributed by atoms with van der Waals surface area (Å²) in [7, 11) is 0. The normalized spacial score (nSPS) is 14.5. The number of phenols is 1. The molecule has 32 N–H and O–H groups in total. The van der Waals surface area contributed by atoms with Crippen molar-refractivity contribution in [2.45, 2.75) is 188 Å². The number of nitrogens with one attached hydrogen (secondary N) is 19. The average Bonchev–Trinajstić information content (AvgIpc) is 1.67. The van der Waals surface area contributed by atoms with Crippen LogP contribution >= 0.6 is 25.3 Å². The van der Waals surface area contributed by atoms with Crippen molar-refractivity contribution in [3.63, 3.8) is 0 Å². The summed E-state index contributed by atoms with van der Waals surface area (Å²) in [6.45, 7) is -2.84. The molecular formula is C94H123N21O31S2. The summed E-state index contributed by atoms with van der Waals surface area (Å²) in [5.41, 5.74) is 13.5. The molecule has 5 aromatic carbocycles. The van der Waals surface area contributed by atoms with Gasteiger partial charge in [-0.25, -0.2) is 4.79 Å². The van der Waals surface area contributed by atoms with Gasteiger partial charge in [0.1, 0.15) is 108 Å². The Labute approximate surface area is 856 Å². The van der Waals surface area contributed by atoms with E-state index in [4.69, 9.17) is 16.6 Å². The number of para-hydroxylation sites is 1. The van der Waals surface area contributed by atoms with Crippen LogP contribution in [0.15, 0.2) is 146 Å². The van der Waals surface area contributed by atoms with Crippen molar-refractivity contribution < 1.29 is 151 Å². The van der Waals surface area contributed by atoms with Gasteiger partial charge in [-0.1, -0.05) is 135 Å². The van der Waals surface area contributed by atoms with Crippen LogP contribution < -0.4 is 107 Å². The van der Waals surface area contributed by atoms with Crippen molar-refractivity contribution in [1.82, 2.24) is 101 Å². The molecule has 0 radical (unpaired) electrons. The number of hydrogen-bond acceptors (Lipinski definition) is 31. The van der Waals surface area contributed by atoms with Gasteiger partial charge in [-0.05, 0) is 71.7 Å². The monoisotopic (exact) mass is 2110 g/mol. The fraction of sp³-hybridized carbons (Fsp3) is 0.426. The third kappa shape index (κ3) is 40.7. The van der Waals surface area contributed by atoms with Crippen LogP contribution in [0.1, 0.15) is 80.7 Å².